The second-order valence-corrected chi connectivity index (χ2v) is 6.69. The number of benzene rings is 2. The standard InChI is InChI=1S/C22H22N4O2/c1-28-20-9-5-4-7-17(20)12-25-22(27)19-13-24-21(14-23-19)26-11-10-16-6-2-3-8-18(16)15-26/h2-9,13-14H,10-12,15H2,1H3,(H,25,27). The number of methoxy groups -OCH3 is 1. The molecule has 6 heteroatoms. The van der Waals surface area contributed by atoms with E-state index in [1.165, 1.54) is 17.3 Å². The number of fused-ring (bicyclic) bond motifs is 1. The van der Waals surface area contributed by atoms with Gasteiger partial charge in [-0.3, -0.25) is 4.79 Å². The number of hydrogen-bond acceptors (Lipinski definition) is 5. The number of aromatic nitrogens is 2. The van der Waals surface area contributed by atoms with Gasteiger partial charge in [0.05, 0.1) is 19.5 Å². The summed E-state index contributed by atoms with van der Waals surface area (Å²) in [7, 11) is 1.61. The van der Waals surface area contributed by atoms with E-state index < -0.39 is 0 Å². The van der Waals surface area contributed by atoms with E-state index >= 15 is 0 Å². The molecule has 1 N–H and O–H groups in total. The first-order valence-corrected chi connectivity index (χ1v) is 9.28. The fourth-order valence-corrected chi connectivity index (χ4v) is 3.41. The van der Waals surface area contributed by atoms with E-state index in [2.05, 4.69) is 44.5 Å². The third-order valence-electron chi connectivity index (χ3n) is 4.96. The monoisotopic (exact) mass is 374 g/mol. The Kier molecular flexibility index (Phi) is 5.19. The Morgan fingerprint density at radius 1 is 1.07 bits per heavy atom. The third kappa shape index (κ3) is 3.81. The molecule has 142 valence electrons. The summed E-state index contributed by atoms with van der Waals surface area (Å²) < 4.78 is 5.31. The van der Waals surface area contributed by atoms with Gasteiger partial charge in [-0.15, -0.1) is 0 Å². The highest BCUT2D eigenvalue weighted by Crippen LogP contribution is 2.22. The molecular formula is C22H22N4O2. The number of hydrogen-bond donors (Lipinski definition) is 1. The average Bonchev–Trinajstić information content (AvgIpc) is 2.77. The van der Waals surface area contributed by atoms with Gasteiger partial charge in [-0.05, 0) is 23.6 Å². The molecule has 0 saturated heterocycles. The average molecular weight is 374 g/mol. The maximum atomic E-state index is 12.4. The molecule has 1 aliphatic heterocycles. The van der Waals surface area contributed by atoms with Crippen LogP contribution in [-0.2, 0) is 19.5 Å². The summed E-state index contributed by atoms with van der Waals surface area (Å²) in [5.41, 5.74) is 3.92. The zero-order valence-corrected chi connectivity index (χ0v) is 15.8. The van der Waals surface area contributed by atoms with Crippen molar-refractivity contribution in [3.63, 3.8) is 0 Å². The molecule has 6 nitrogen and oxygen atoms in total. The molecule has 2 heterocycles. The van der Waals surface area contributed by atoms with Crippen LogP contribution in [0.1, 0.15) is 27.2 Å². The first-order valence-electron chi connectivity index (χ1n) is 9.28. The number of nitrogens with zero attached hydrogens (tertiary/aromatic N) is 3. The molecule has 1 aliphatic rings. The van der Waals surface area contributed by atoms with E-state index in [4.69, 9.17) is 4.74 Å². The summed E-state index contributed by atoms with van der Waals surface area (Å²) in [5, 5.41) is 2.87. The Morgan fingerprint density at radius 3 is 2.64 bits per heavy atom. The van der Waals surface area contributed by atoms with Crippen LogP contribution in [0.15, 0.2) is 60.9 Å². The predicted molar refractivity (Wildman–Crippen MR) is 107 cm³/mol. The van der Waals surface area contributed by atoms with Gasteiger partial charge in [-0.1, -0.05) is 42.5 Å². The van der Waals surface area contributed by atoms with Crippen molar-refractivity contribution in [2.75, 3.05) is 18.6 Å². The van der Waals surface area contributed by atoms with Gasteiger partial charge in [0, 0.05) is 25.2 Å². The highest BCUT2D eigenvalue weighted by Gasteiger charge is 2.18. The summed E-state index contributed by atoms with van der Waals surface area (Å²) in [4.78, 5) is 23.4. The molecule has 2 aromatic carbocycles. The van der Waals surface area contributed by atoms with Crippen LogP contribution in [0.5, 0.6) is 5.75 Å². The third-order valence-corrected chi connectivity index (χ3v) is 4.96. The van der Waals surface area contributed by atoms with Gasteiger partial charge in [-0.25, -0.2) is 9.97 Å². The highest BCUT2D eigenvalue weighted by atomic mass is 16.5. The Bertz CT molecular complexity index is 972. The van der Waals surface area contributed by atoms with Gasteiger partial charge < -0.3 is 15.0 Å². The number of carbonyl (C=O) groups excluding carboxylic acids is 1. The van der Waals surface area contributed by atoms with Crippen molar-refractivity contribution in [3.8, 4) is 5.75 Å². The van der Waals surface area contributed by atoms with Crippen LogP contribution in [0.2, 0.25) is 0 Å². The van der Waals surface area contributed by atoms with E-state index in [0.717, 1.165) is 36.6 Å². The maximum Gasteiger partial charge on any atom is 0.271 e. The van der Waals surface area contributed by atoms with E-state index in [1.807, 2.05) is 24.3 Å². The Labute approximate surface area is 164 Å². The molecule has 0 atom stereocenters. The number of nitrogens with one attached hydrogen (secondary N) is 1. The van der Waals surface area contributed by atoms with Crippen molar-refractivity contribution in [2.24, 2.45) is 0 Å². The van der Waals surface area contributed by atoms with E-state index in [9.17, 15) is 4.79 Å². The van der Waals surface area contributed by atoms with Gasteiger partial charge in [0.2, 0.25) is 0 Å². The highest BCUT2D eigenvalue weighted by molar-refractivity contribution is 5.92. The van der Waals surface area contributed by atoms with Crippen LogP contribution in [0, 0.1) is 0 Å². The lowest BCUT2D eigenvalue weighted by atomic mass is 10.0. The summed E-state index contributed by atoms with van der Waals surface area (Å²) >= 11 is 0. The van der Waals surface area contributed by atoms with Gasteiger partial charge in [0.15, 0.2) is 0 Å². The molecule has 4 rings (SSSR count). The Morgan fingerprint density at radius 2 is 1.86 bits per heavy atom. The SMILES string of the molecule is COc1ccccc1CNC(=O)c1cnc(N2CCc3ccccc3C2)cn1. The summed E-state index contributed by atoms with van der Waals surface area (Å²) in [6.45, 7) is 2.07. The smallest absolute Gasteiger partial charge is 0.271 e. The molecule has 0 spiro atoms. The topological polar surface area (TPSA) is 67.3 Å². The first kappa shape index (κ1) is 18.0. The summed E-state index contributed by atoms with van der Waals surface area (Å²) in [5.74, 6) is 1.28. The minimum atomic E-state index is -0.256. The van der Waals surface area contributed by atoms with Gasteiger partial charge in [-0.2, -0.15) is 0 Å². The zero-order chi connectivity index (χ0) is 19.3. The second-order valence-electron chi connectivity index (χ2n) is 6.69. The van der Waals surface area contributed by atoms with Crippen molar-refractivity contribution in [1.29, 1.82) is 0 Å². The van der Waals surface area contributed by atoms with Crippen LogP contribution < -0.4 is 15.0 Å². The second kappa shape index (κ2) is 8.08. The largest absolute Gasteiger partial charge is 0.496 e. The van der Waals surface area contributed by atoms with Crippen LogP contribution in [0.25, 0.3) is 0 Å². The number of carbonyl (C=O) groups is 1. The van der Waals surface area contributed by atoms with Gasteiger partial charge >= 0.3 is 0 Å². The summed E-state index contributed by atoms with van der Waals surface area (Å²) in [6.07, 6.45) is 4.19. The lowest BCUT2D eigenvalue weighted by Crippen LogP contribution is -2.31. The van der Waals surface area contributed by atoms with Crippen molar-refractivity contribution in [2.45, 2.75) is 19.5 Å². The molecule has 0 fully saturated rings. The van der Waals surface area contributed by atoms with Crippen molar-refractivity contribution < 1.29 is 9.53 Å². The molecule has 0 aliphatic carbocycles. The van der Waals surface area contributed by atoms with E-state index in [1.54, 1.807) is 13.3 Å². The minimum absolute atomic E-state index is 0.256. The van der Waals surface area contributed by atoms with Crippen molar-refractivity contribution in [1.82, 2.24) is 15.3 Å². The van der Waals surface area contributed by atoms with Gasteiger partial charge in [0.1, 0.15) is 17.3 Å². The first-order chi connectivity index (χ1) is 13.7. The summed E-state index contributed by atoms with van der Waals surface area (Å²) in [6, 6.07) is 16.1. The fourth-order valence-electron chi connectivity index (χ4n) is 3.41. The lowest BCUT2D eigenvalue weighted by molar-refractivity contribution is 0.0945. The van der Waals surface area contributed by atoms with Crippen LogP contribution >= 0.6 is 0 Å². The van der Waals surface area contributed by atoms with Crippen LogP contribution in [0.3, 0.4) is 0 Å². The number of para-hydroxylation sites is 1. The van der Waals surface area contributed by atoms with Crippen molar-refractivity contribution >= 4 is 11.7 Å². The number of anilines is 1. The number of rotatable bonds is 5. The fraction of sp³-hybridized carbons (Fsp3) is 0.227. The van der Waals surface area contributed by atoms with Gasteiger partial charge in [0.25, 0.3) is 5.91 Å². The van der Waals surface area contributed by atoms with Crippen LogP contribution in [0.4, 0.5) is 5.82 Å². The molecule has 0 bridgehead atoms. The minimum Gasteiger partial charge on any atom is -0.496 e. The van der Waals surface area contributed by atoms with E-state index in [0.29, 0.717) is 12.2 Å². The normalized spacial score (nSPS) is 13.0. The van der Waals surface area contributed by atoms with Crippen LogP contribution in [-0.4, -0.2) is 29.5 Å². The molecule has 3 aromatic rings. The Balaban J connectivity index is 1.40. The molecule has 1 aromatic heterocycles. The number of amides is 1. The predicted octanol–water partition coefficient (Wildman–Crippen LogP) is 2.98. The lowest BCUT2D eigenvalue weighted by Gasteiger charge is -2.29. The number of ether oxygens (including phenoxy) is 1. The molecule has 0 radical (unpaired) electrons. The maximum absolute atomic E-state index is 12.4. The quantitative estimate of drug-likeness (QED) is 0.744. The van der Waals surface area contributed by atoms with Crippen molar-refractivity contribution in [3.05, 3.63) is 83.3 Å². The van der Waals surface area contributed by atoms with E-state index in [-0.39, 0.29) is 5.91 Å². The Hall–Kier alpha value is -3.41. The molecule has 28 heavy (non-hydrogen) atoms. The molecular weight excluding hydrogens is 352 g/mol. The molecule has 0 unspecified atom stereocenters. The molecule has 1 amide bonds. The zero-order valence-electron chi connectivity index (χ0n) is 15.8. The molecule has 0 saturated carbocycles.